The summed E-state index contributed by atoms with van der Waals surface area (Å²) in [6, 6.07) is 0. The number of nitrogens with one attached hydrogen (secondary N) is 1. The summed E-state index contributed by atoms with van der Waals surface area (Å²) in [5.74, 6) is 2.48. The van der Waals surface area contributed by atoms with Crippen molar-refractivity contribution in [1.82, 2.24) is 5.32 Å². The van der Waals surface area contributed by atoms with E-state index in [1.54, 1.807) is 11.1 Å². The van der Waals surface area contributed by atoms with E-state index in [-0.39, 0.29) is 0 Å². The third-order valence-electron chi connectivity index (χ3n) is 5.72. The van der Waals surface area contributed by atoms with Gasteiger partial charge in [0, 0.05) is 5.57 Å². The molecule has 0 amide bonds. The molecule has 1 saturated carbocycles. The summed E-state index contributed by atoms with van der Waals surface area (Å²) in [4.78, 5) is 0. The van der Waals surface area contributed by atoms with Gasteiger partial charge in [-0.1, -0.05) is 48.8 Å². The van der Waals surface area contributed by atoms with Gasteiger partial charge in [-0.2, -0.15) is 0 Å². The summed E-state index contributed by atoms with van der Waals surface area (Å²) in [5.41, 5.74) is 4.68. The second kappa shape index (κ2) is 6.92. The Hall–Kier alpha value is -1.54. The van der Waals surface area contributed by atoms with Gasteiger partial charge in [0.25, 0.3) is 0 Å². The Morgan fingerprint density at radius 2 is 1.70 bits per heavy atom. The molecule has 1 saturated heterocycles. The normalized spacial score (nSPS) is 35.1. The van der Waals surface area contributed by atoms with Gasteiger partial charge in [-0.3, -0.25) is 0 Å². The van der Waals surface area contributed by atoms with Crippen LogP contribution in [0.15, 0.2) is 58.9 Å². The Morgan fingerprint density at radius 3 is 2.57 bits per heavy atom. The van der Waals surface area contributed by atoms with Crippen LogP contribution in [-0.4, -0.2) is 19.7 Å². The van der Waals surface area contributed by atoms with Crippen LogP contribution >= 0.6 is 0 Å². The molecule has 1 N–H and O–H groups in total. The SMILES string of the molecule is C1=C\C=C/C2=C(\C=C/1)OCC1CCCCC1C2=C1CCNCC1. The Balaban J connectivity index is 1.83. The van der Waals surface area contributed by atoms with E-state index in [9.17, 15) is 0 Å². The highest BCUT2D eigenvalue weighted by molar-refractivity contribution is 5.51. The highest BCUT2D eigenvalue weighted by Gasteiger charge is 2.35. The van der Waals surface area contributed by atoms with Gasteiger partial charge in [0.2, 0.25) is 0 Å². The molecule has 2 heteroatoms. The molecule has 2 nitrogen and oxygen atoms in total. The van der Waals surface area contributed by atoms with Crippen molar-refractivity contribution >= 4 is 0 Å². The first kappa shape index (κ1) is 15.0. The quantitative estimate of drug-likeness (QED) is 0.714. The zero-order valence-electron chi connectivity index (χ0n) is 13.9. The van der Waals surface area contributed by atoms with E-state index in [4.69, 9.17) is 4.74 Å². The largest absolute Gasteiger partial charge is 0.493 e. The molecule has 2 unspecified atom stereocenters. The average molecular weight is 309 g/mol. The summed E-state index contributed by atoms with van der Waals surface area (Å²) < 4.78 is 6.29. The molecule has 0 spiro atoms. The molecular formula is C21H27NO. The van der Waals surface area contributed by atoms with Gasteiger partial charge in [-0.05, 0) is 62.3 Å². The number of ether oxygens (including phenoxy) is 1. The first-order valence-electron chi connectivity index (χ1n) is 9.25. The highest BCUT2D eigenvalue weighted by Crippen LogP contribution is 2.44. The zero-order chi connectivity index (χ0) is 15.5. The lowest BCUT2D eigenvalue weighted by atomic mass is 9.71. The van der Waals surface area contributed by atoms with Crippen molar-refractivity contribution in [3.05, 3.63) is 58.9 Å². The van der Waals surface area contributed by atoms with Gasteiger partial charge >= 0.3 is 0 Å². The van der Waals surface area contributed by atoms with Crippen LogP contribution in [0.1, 0.15) is 38.5 Å². The topological polar surface area (TPSA) is 21.3 Å². The molecule has 0 aromatic carbocycles. The van der Waals surface area contributed by atoms with Crippen molar-refractivity contribution in [2.45, 2.75) is 38.5 Å². The van der Waals surface area contributed by atoms with Gasteiger partial charge in [0.15, 0.2) is 0 Å². The number of rotatable bonds is 0. The molecule has 2 aliphatic heterocycles. The molecule has 2 fully saturated rings. The second-order valence-corrected chi connectivity index (χ2v) is 7.11. The molecule has 23 heavy (non-hydrogen) atoms. The van der Waals surface area contributed by atoms with Crippen LogP contribution in [0.2, 0.25) is 0 Å². The molecule has 2 heterocycles. The lowest BCUT2D eigenvalue weighted by Crippen LogP contribution is -2.28. The predicted molar refractivity (Wildman–Crippen MR) is 95.0 cm³/mol. The van der Waals surface area contributed by atoms with E-state index in [1.807, 2.05) is 0 Å². The van der Waals surface area contributed by atoms with Gasteiger partial charge in [0.05, 0.1) is 6.61 Å². The van der Waals surface area contributed by atoms with Crippen molar-refractivity contribution < 1.29 is 4.74 Å². The Labute approximate surface area is 139 Å². The molecule has 4 rings (SSSR count). The predicted octanol–water partition coefficient (Wildman–Crippen LogP) is 4.44. The molecule has 0 radical (unpaired) electrons. The van der Waals surface area contributed by atoms with Gasteiger partial charge in [0.1, 0.15) is 5.76 Å². The third-order valence-corrected chi connectivity index (χ3v) is 5.72. The summed E-state index contributed by atoms with van der Waals surface area (Å²) in [6.07, 6.45) is 20.7. The fourth-order valence-electron chi connectivity index (χ4n) is 4.58. The summed E-state index contributed by atoms with van der Waals surface area (Å²) in [7, 11) is 0. The van der Waals surface area contributed by atoms with Crippen LogP contribution in [0, 0.1) is 11.8 Å². The lowest BCUT2D eigenvalue weighted by Gasteiger charge is -2.34. The molecule has 122 valence electrons. The number of fused-ring (bicyclic) bond motifs is 1. The monoisotopic (exact) mass is 309 g/mol. The minimum Gasteiger partial charge on any atom is -0.493 e. The summed E-state index contributed by atoms with van der Waals surface area (Å²) in [6.45, 7) is 3.14. The fourth-order valence-corrected chi connectivity index (χ4v) is 4.58. The van der Waals surface area contributed by atoms with E-state index in [0.717, 1.165) is 25.5 Å². The number of hydrogen-bond donors (Lipinski definition) is 1. The molecule has 0 bridgehead atoms. The Morgan fingerprint density at radius 1 is 0.913 bits per heavy atom. The fraction of sp³-hybridized carbons (Fsp3) is 0.524. The van der Waals surface area contributed by atoms with E-state index >= 15 is 0 Å². The number of hydrogen-bond acceptors (Lipinski definition) is 2. The van der Waals surface area contributed by atoms with Crippen LogP contribution < -0.4 is 5.32 Å². The van der Waals surface area contributed by atoms with Crippen LogP contribution in [0.25, 0.3) is 0 Å². The summed E-state index contributed by atoms with van der Waals surface area (Å²) in [5, 5.41) is 3.51. The summed E-state index contributed by atoms with van der Waals surface area (Å²) >= 11 is 0. The van der Waals surface area contributed by atoms with E-state index in [1.165, 1.54) is 44.1 Å². The Kier molecular flexibility index (Phi) is 4.52. The van der Waals surface area contributed by atoms with Gasteiger partial charge in [-0.25, -0.2) is 0 Å². The van der Waals surface area contributed by atoms with Crippen LogP contribution in [0.3, 0.4) is 0 Å². The maximum atomic E-state index is 6.29. The smallest absolute Gasteiger partial charge is 0.126 e. The first-order chi connectivity index (χ1) is 11.4. The van der Waals surface area contributed by atoms with E-state index in [2.05, 4.69) is 41.8 Å². The van der Waals surface area contributed by atoms with E-state index < -0.39 is 0 Å². The van der Waals surface area contributed by atoms with E-state index in [0.29, 0.717) is 11.8 Å². The molecule has 0 aromatic heterocycles. The standard InChI is InChI=1S/C21H27NO/c1-2-4-10-20-19(9-3-1)21(16-11-13-22-14-12-16)18-8-6-5-7-17(18)15-23-20/h1-4,9-10,17-18,22H,5-8,11-15H2/b2-1-,3-1?,4-2?,9-3-,10-4-,19-9?,20-10?. The highest BCUT2D eigenvalue weighted by atomic mass is 16.5. The van der Waals surface area contributed by atoms with Crippen molar-refractivity contribution in [2.24, 2.45) is 11.8 Å². The molecule has 2 atom stereocenters. The number of piperidine rings is 1. The number of allylic oxidation sites excluding steroid dienone is 8. The van der Waals surface area contributed by atoms with Crippen molar-refractivity contribution in [1.29, 1.82) is 0 Å². The average Bonchev–Trinajstić information content (AvgIpc) is 2.72. The third kappa shape index (κ3) is 3.10. The van der Waals surface area contributed by atoms with Crippen LogP contribution in [0.4, 0.5) is 0 Å². The van der Waals surface area contributed by atoms with Gasteiger partial charge < -0.3 is 10.1 Å². The Bertz CT molecular complexity index is 597. The lowest BCUT2D eigenvalue weighted by molar-refractivity contribution is 0.131. The molecular weight excluding hydrogens is 282 g/mol. The van der Waals surface area contributed by atoms with Crippen molar-refractivity contribution in [3.63, 3.8) is 0 Å². The molecule has 0 aromatic rings. The van der Waals surface area contributed by atoms with Crippen LogP contribution in [0.5, 0.6) is 0 Å². The zero-order valence-corrected chi connectivity index (χ0v) is 13.9. The maximum Gasteiger partial charge on any atom is 0.126 e. The van der Waals surface area contributed by atoms with Gasteiger partial charge in [-0.15, -0.1) is 0 Å². The minimum atomic E-state index is 0.698. The van der Waals surface area contributed by atoms with Crippen LogP contribution in [-0.2, 0) is 4.74 Å². The first-order valence-corrected chi connectivity index (χ1v) is 9.25. The molecule has 4 aliphatic rings. The second-order valence-electron chi connectivity index (χ2n) is 7.11. The van der Waals surface area contributed by atoms with Crippen molar-refractivity contribution in [3.8, 4) is 0 Å². The molecule has 2 aliphatic carbocycles. The minimum absolute atomic E-state index is 0.698. The maximum absolute atomic E-state index is 6.29. The van der Waals surface area contributed by atoms with Crippen molar-refractivity contribution in [2.75, 3.05) is 19.7 Å².